The maximum absolute atomic E-state index is 12.0. The maximum Gasteiger partial charge on any atom is 0.271 e. The average molecular weight is 280 g/mol. The number of benzene rings is 2. The third-order valence-electron chi connectivity index (χ3n) is 3.56. The number of rotatable bonds is 3. The molecule has 0 spiro atoms. The molecule has 0 bridgehead atoms. The molecule has 2 rings (SSSR count). The van der Waals surface area contributed by atoms with Crippen molar-refractivity contribution in [2.24, 2.45) is 5.10 Å². The summed E-state index contributed by atoms with van der Waals surface area (Å²) in [5.41, 5.74) is 8.60. The largest absolute Gasteiger partial charge is 0.271 e. The molecule has 0 aromatic heterocycles. The molecule has 1 N–H and O–H groups in total. The number of hydrazone groups is 1. The van der Waals surface area contributed by atoms with Crippen LogP contribution in [0.25, 0.3) is 0 Å². The molecule has 0 unspecified atom stereocenters. The summed E-state index contributed by atoms with van der Waals surface area (Å²) >= 11 is 0. The van der Waals surface area contributed by atoms with E-state index in [1.54, 1.807) is 12.1 Å². The van der Waals surface area contributed by atoms with Crippen molar-refractivity contribution in [1.82, 2.24) is 5.43 Å². The molecule has 108 valence electrons. The predicted octanol–water partition coefficient (Wildman–Crippen LogP) is 3.77. The summed E-state index contributed by atoms with van der Waals surface area (Å²) in [6.45, 7) is 8.02. The Morgan fingerprint density at radius 2 is 1.52 bits per heavy atom. The molecule has 0 aliphatic heterocycles. The molecule has 3 heteroatoms. The third-order valence-corrected chi connectivity index (χ3v) is 3.56. The highest BCUT2D eigenvalue weighted by Gasteiger charge is 2.05. The van der Waals surface area contributed by atoms with Crippen LogP contribution in [0.5, 0.6) is 0 Å². The van der Waals surface area contributed by atoms with Crippen molar-refractivity contribution in [3.05, 3.63) is 70.3 Å². The monoisotopic (exact) mass is 280 g/mol. The molecular formula is C18H20N2O. The molecule has 0 atom stereocenters. The smallest absolute Gasteiger partial charge is 0.267 e. The van der Waals surface area contributed by atoms with Gasteiger partial charge in [-0.2, -0.15) is 5.10 Å². The standard InChI is InChI=1S/C18H20N2O/c1-12-5-8-16(9-6-12)18(21)20-19-15(4)17-10-7-13(2)14(3)11-17/h5-11H,1-4H3,(H,20,21)/b19-15-. The van der Waals surface area contributed by atoms with Crippen LogP contribution in [0.3, 0.4) is 0 Å². The highest BCUT2D eigenvalue weighted by atomic mass is 16.2. The number of hydrogen-bond acceptors (Lipinski definition) is 2. The van der Waals surface area contributed by atoms with Gasteiger partial charge in [-0.25, -0.2) is 5.43 Å². The van der Waals surface area contributed by atoms with Gasteiger partial charge in [0.25, 0.3) is 5.91 Å². The summed E-state index contributed by atoms with van der Waals surface area (Å²) in [6.07, 6.45) is 0. The van der Waals surface area contributed by atoms with E-state index in [0.29, 0.717) is 5.56 Å². The van der Waals surface area contributed by atoms with Crippen LogP contribution in [-0.4, -0.2) is 11.6 Å². The molecule has 1 amide bonds. The first-order valence-corrected chi connectivity index (χ1v) is 6.96. The van der Waals surface area contributed by atoms with Crippen LogP contribution < -0.4 is 5.43 Å². The zero-order valence-corrected chi connectivity index (χ0v) is 12.9. The number of aryl methyl sites for hydroxylation is 3. The summed E-state index contributed by atoms with van der Waals surface area (Å²) in [4.78, 5) is 12.0. The molecule has 3 nitrogen and oxygen atoms in total. The van der Waals surface area contributed by atoms with Gasteiger partial charge in [0.05, 0.1) is 5.71 Å². The van der Waals surface area contributed by atoms with Crippen molar-refractivity contribution in [1.29, 1.82) is 0 Å². The summed E-state index contributed by atoms with van der Waals surface area (Å²) in [6, 6.07) is 13.6. The Balaban J connectivity index is 2.10. The minimum Gasteiger partial charge on any atom is -0.267 e. The fourth-order valence-electron chi connectivity index (χ4n) is 1.94. The molecular weight excluding hydrogens is 260 g/mol. The first kappa shape index (κ1) is 15.0. The third kappa shape index (κ3) is 3.78. The Bertz CT molecular complexity index is 685. The van der Waals surface area contributed by atoms with E-state index in [2.05, 4.69) is 36.5 Å². The zero-order valence-electron chi connectivity index (χ0n) is 12.9. The van der Waals surface area contributed by atoms with Crippen molar-refractivity contribution in [3.8, 4) is 0 Å². The van der Waals surface area contributed by atoms with Gasteiger partial charge in [0.15, 0.2) is 0 Å². The molecule has 0 heterocycles. The van der Waals surface area contributed by atoms with Crippen LogP contribution in [0.15, 0.2) is 47.6 Å². The minimum atomic E-state index is -0.196. The van der Waals surface area contributed by atoms with Crippen LogP contribution in [0.1, 0.15) is 39.5 Å². The van der Waals surface area contributed by atoms with E-state index in [9.17, 15) is 4.79 Å². The van der Waals surface area contributed by atoms with Gasteiger partial charge >= 0.3 is 0 Å². The average Bonchev–Trinajstić information content (AvgIpc) is 2.48. The van der Waals surface area contributed by atoms with Crippen molar-refractivity contribution in [3.63, 3.8) is 0 Å². The molecule has 0 saturated carbocycles. The molecule has 0 fully saturated rings. The van der Waals surface area contributed by atoms with Crippen molar-refractivity contribution in [2.75, 3.05) is 0 Å². The number of hydrogen-bond donors (Lipinski definition) is 1. The Labute approximate surface area is 125 Å². The quantitative estimate of drug-likeness (QED) is 0.675. The molecule has 0 aliphatic carbocycles. The van der Waals surface area contributed by atoms with Gasteiger partial charge in [0.1, 0.15) is 0 Å². The highest BCUT2D eigenvalue weighted by Crippen LogP contribution is 2.10. The first-order valence-electron chi connectivity index (χ1n) is 6.96. The van der Waals surface area contributed by atoms with Crippen LogP contribution in [0.4, 0.5) is 0 Å². The van der Waals surface area contributed by atoms with Gasteiger partial charge in [0.2, 0.25) is 0 Å². The summed E-state index contributed by atoms with van der Waals surface area (Å²) in [5, 5.41) is 4.18. The van der Waals surface area contributed by atoms with Gasteiger partial charge in [-0.3, -0.25) is 4.79 Å². The highest BCUT2D eigenvalue weighted by molar-refractivity contribution is 6.01. The van der Waals surface area contributed by atoms with E-state index in [-0.39, 0.29) is 5.91 Å². The van der Waals surface area contributed by atoms with Crippen molar-refractivity contribution in [2.45, 2.75) is 27.7 Å². The van der Waals surface area contributed by atoms with Gasteiger partial charge in [-0.1, -0.05) is 29.8 Å². The number of carbonyl (C=O) groups excluding carboxylic acids is 1. The van der Waals surface area contributed by atoms with Crippen LogP contribution in [0, 0.1) is 20.8 Å². The Kier molecular flexibility index (Phi) is 4.53. The van der Waals surface area contributed by atoms with E-state index in [1.165, 1.54) is 11.1 Å². The first-order chi connectivity index (χ1) is 9.97. The molecule has 21 heavy (non-hydrogen) atoms. The molecule has 0 radical (unpaired) electrons. The second-order valence-corrected chi connectivity index (χ2v) is 5.30. The van der Waals surface area contributed by atoms with Gasteiger partial charge in [-0.15, -0.1) is 0 Å². The lowest BCUT2D eigenvalue weighted by molar-refractivity contribution is 0.0955. The van der Waals surface area contributed by atoms with E-state index >= 15 is 0 Å². The number of carbonyl (C=O) groups is 1. The summed E-state index contributed by atoms with van der Waals surface area (Å²) in [7, 11) is 0. The second-order valence-electron chi connectivity index (χ2n) is 5.30. The number of amides is 1. The fraction of sp³-hybridized carbons (Fsp3) is 0.222. The SMILES string of the molecule is C/C(=N/NC(=O)c1ccc(C)cc1)c1ccc(C)c(C)c1. The van der Waals surface area contributed by atoms with E-state index in [4.69, 9.17) is 0 Å². The Hall–Kier alpha value is -2.42. The topological polar surface area (TPSA) is 41.5 Å². The lowest BCUT2D eigenvalue weighted by Gasteiger charge is -2.06. The molecule has 2 aromatic carbocycles. The lowest BCUT2D eigenvalue weighted by Crippen LogP contribution is -2.19. The number of nitrogens with one attached hydrogen (secondary N) is 1. The van der Waals surface area contributed by atoms with E-state index < -0.39 is 0 Å². The minimum absolute atomic E-state index is 0.196. The van der Waals surface area contributed by atoms with Crippen LogP contribution in [0.2, 0.25) is 0 Å². The zero-order chi connectivity index (χ0) is 15.4. The normalized spacial score (nSPS) is 11.3. The van der Waals surface area contributed by atoms with E-state index in [1.807, 2.05) is 32.0 Å². The van der Waals surface area contributed by atoms with Gasteiger partial charge < -0.3 is 0 Å². The maximum atomic E-state index is 12.0. The summed E-state index contributed by atoms with van der Waals surface area (Å²) in [5.74, 6) is -0.196. The molecule has 0 saturated heterocycles. The Morgan fingerprint density at radius 3 is 2.14 bits per heavy atom. The summed E-state index contributed by atoms with van der Waals surface area (Å²) < 4.78 is 0. The van der Waals surface area contributed by atoms with Crippen molar-refractivity contribution < 1.29 is 4.79 Å². The fourth-order valence-corrected chi connectivity index (χ4v) is 1.94. The van der Waals surface area contributed by atoms with Crippen LogP contribution >= 0.6 is 0 Å². The van der Waals surface area contributed by atoms with E-state index in [0.717, 1.165) is 16.8 Å². The van der Waals surface area contributed by atoms with Gasteiger partial charge in [-0.05, 0) is 62.6 Å². The molecule has 0 aliphatic rings. The lowest BCUT2D eigenvalue weighted by atomic mass is 10.0. The van der Waals surface area contributed by atoms with Gasteiger partial charge in [0, 0.05) is 5.56 Å². The van der Waals surface area contributed by atoms with Crippen LogP contribution in [-0.2, 0) is 0 Å². The Morgan fingerprint density at radius 1 is 0.905 bits per heavy atom. The molecule has 2 aromatic rings. The predicted molar refractivity (Wildman–Crippen MR) is 86.8 cm³/mol. The van der Waals surface area contributed by atoms with Crippen molar-refractivity contribution >= 4 is 11.6 Å². The number of nitrogens with zero attached hydrogens (tertiary/aromatic N) is 1. The second kappa shape index (κ2) is 6.35.